The molecule has 3 rings (SSSR count). The average molecular weight is 330 g/mol. The molecule has 0 bridgehead atoms. The molecule has 3 heterocycles. The summed E-state index contributed by atoms with van der Waals surface area (Å²) in [5.41, 5.74) is 2.34. The molecule has 0 aromatic carbocycles. The standard InChI is InChI=1S/C15H18N6OS/c1-10-13(7-16)14(23-19-10)18-15(22)21-5-3-11(4-6-21)12-8-17-20(2)9-12/h8-9,11H,3-6H2,1-2H3,(H,18,22). The van der Waals surface area contributed by atoms with Crippen LogP contribution in [0.3, 0.4) is 0 Å². The second-order valence-electron chi connectivity index (χ2n) is 5.72. The van der Waals surface area contributed by atoms with Crippen molar-refractivity contribution < 1.29 is 4.79 Å². The Morgan fingerprint density at radius 1 is 1.48 bits per heavy atom. The first-order chi connectivity index (χ1) is 11.1. The lowest BCUT2D eigenvalue weighted by molar-refractivity contribution is 0.194. The molecule has 8 heteroatoms. The maximum absolute atomic E-state index is 12.4. The number of nitriles is 1. The number of aromatic nitrogens is 3. The van der Waals surface area contributed by atoms with Crippen LogP contribution >= 0.6 is 11.5 Å². The van der Waals surface area contributed by atoms with E-state index in [4.69, 9.17) is 5.26 Å². The fourth-order valence-corrected chi connectivity index (χ4v) is 3.57. The number of nitrogens with one attached hydrogen (secondary N) is 1. The predicted octanol–water partition coefficient (Wildman–Crippen LogP) is 2.47. The number of amides is 2. The number of urea groups is 1. The summed E-state index contributed by atoms with van der Waals surface area (Å²) < 4.78 is 5.93. The van der Waals surface area contributed by atoms with E-state index in [1.807, 2.05) is 24.1 Å². The second kappa shape index (κ2) is 6.38. The van der Waals surface area contributed by atoms with Gasteiger partial charge in [-0.05, 0) is 42.8 Å². The number of nitrogens with zero attached hydrogens (tertiary/aromatic N) is 5. The molecule has 0 saturated carbocycles. The predicted molar refractivity (Wildman–Crippen MR) is 87.3 cm³/mol. The third-order valence-electron chi connectivity index (χ3n) is 4.17. The van der Waals surface area contributed by atoms with Gasteiger partial charge in [-0.1, -0.05) is 0 Å². The number of aryl methyl sites for hydroxylation is 2. The van der Waals surface area contributed by atoms with Crippen LogP contribution < -0.4 is 5.32 Å². The van der Waals surface area contributed by atoms with E-state index in [0.29, 0.717) is 35.3 Å². The van der Waals surface area contributed by atoms with Crippen LogP contribution in [0, 0.1) is 18.3 Å². The van der Waals surface area contributed by atoms with Gasteiger partial charge in [-0.3, -0.25) is 10.00 Å². The lowest BCUT2D eigenvalue weighted by Gasteiger charge is -2.31. The second-order valence-corrected chi connectivity index (χ2v) is 6.50. The Bertz CT molecular complexity index is 750. The van der Waals surface area contributed by atoms with Crippen LogP contribution in [0.5, 0.6) is 0 Å². The number of rotatable bonds is 2. The van der Waals surface area contributed by atoms with Crippen molar-refractivity contribution in [2.75, 3.05) is 18.4 Å². The van der Waals surface area contributed by atoms with Crippen molar-refractivity contribution in [3.63, 3.8) is 0 Å². The number of piperidine rings is 1. The first kappa shape index (κ1) is 15.5. The van der Waals surface area contributed by atoms with Gasteiger partial charge < -0.3 is 4.90 Å². The molecule has 7 nitrogen and oxygen atoms in total. The fourth-order valence-electron chi connectivity index (χ4n) is 2.83. The van der Waals surface area contributed by atoms with Crippen molar-refractivity contribution in [3.8, 4) is 6.07 Å². The van der Waals surface area contributed by atoms with E-state index in [-0.39, 0.29) is 6.03 Å². The summed E-state index contributed by atoms with van der Waals surface area (Å²) in [6, 6.07) is 1.93. The van der Waals surface area contributed by atoms with Crippen LogP contribution in [0.15, 0.2) is 12.4 Å². The Labute approximate surface area is 138 Å². The third-order valence-corrected chi connectivity index (χ3v) is 5.03. The minimum atomic E-state index is -0.158. The van der Waals surface area contributed by atoms with Gasteiger partial charge in [0.2, 0.25) is 0 Å². The maximum atomic E-state index is 12.4. The molecular formula is C15H18N6OS. The summed E-state index contributed by atoms with van der Waals surface area (Å²) in [7, 11) is 1.91. The molecule has 0 spiro atoms. The normalized spacial score (nSPS) is 15.4. The number of hydrogen-bond donors (Lipinski definition) is 1. The minimum Gasteiger partial charge on any atom is -0.324 e. The highest BCUT2D eigenvalue weighted by Gasteiger charge is 2.25. The molecule has 0 atom stereocenters. The monoisotopic (exact) mass is 330 g/mol. The van der Waals surface area contributed by atoms with Crippen LogP contribution in [-0.4, -0.2) is 38.2 Å². The van der Waals surface area contributed by atoms with Gasteiger partial charge in [0.1, 0.15) is 16.6 Å². The van der Waals surface area contributed by atoms with Crippen LogP contribution in [0.4, 0.5) is 9.80 Å². The molecule has 1 aliphatic heterocycles. The molecule has 23 heavy (non-hydrogen) atoms. The summed E-state index contributed by atoms with van der Waals surface area (Å²) in [6.45, 7) is 3.17. The smallest absolute Gasteiger partial charge is 0.322 e. The number of carbonyl (C=O) groups is 1. The van der Waals surface area contributed by atoms with Gasteiger partial charge in [0.05, 0.1) is 11.9 Å². The SMILES string of the molecule is Cc1nsc(NC(=O)N2CCC(c3cnn(C)c3)CC2)c1C#N. The van der Waals surface area contributed by atoms with Crippen molar-refractivity contribution in [1.29, 1.82) is 5.26 Å². The molecule has 120 valence electrons. The molecule has 1 aliphatic rings. The lowest BCUT2D eigenvalue weighted by atomic mass is 9.92. The minimum absolute atomic E-state index is 0.158. The van der Waals surface area contributed by atoms with Gasteiger partial charge in [0.15, 0.2) is 0 Å². The number of anilines is 1. The van der Waals surface area contributed by atoms with E-state index in [2.05, 4.69) is 20.9 Å². The molecule has 2 amide bonds. The van der Waals surface area contributed by atoms with Gasteiger partial charge in [-0.25, -0.2) is 4.79 Å². The Balaban J connectivity index is 1.59. The highest BCUT2D eigenvalue weighted by Crippen LogP contribution is 2.29. The number of carbonyl (C=O) groups excluding carboxylic acids is 1. The molecule has 0 radical (unpaired) electrons. The van der Waals surface area contributed by atoms with Gasteiger partial charge in [-0.15, -0.1) is 0 Å². The van der Waals surface area contributed by atoms with Crippen LogP contribution in [0.2, 0.25) is 0 Å². The van der Waals surface area contributed by atoms with Gasteiger partial charge in [-0.2, -0.15) is 14.7 Å². The Morgan fingerprint density at radius 2 is 2.22 bits per heavy atom. The average Bonchev–Trinajstić information content (AvgIpc) is 3.13. The van der Waals surface area contributed by atoms with Crippen molar-refractivity contribution in [1.82, 2.24) is 19.1 Å². The molecule has 1 N–H and O–H groups in total. The molecular weight excluding hydrogens is 312 g/mol. The quantitative estimate of drug-likeness (QED) is 0.916. The summed E-state index contributed by atoms with van der Waals surface area (Å²) in [5, 5.41) is 16.7. The van der Waals surface area contributed by atoms with E-state index in [1.165, 1.54) is 5.56 Å². The molecule has 2 aromatic rings. The Morgan fingerprint density at radius 3 is 2.83 bits per heavy atom. The number of hydrogen-bond acceptors (Lipinski definition) is 5. The third kappa shape index (κ3) is 3.19. The first-order valence-corrected chi connectivity index (χ1v) is 8.26. The van der Waals surface area contributed by atoms with Gasteiger partial charge in [0.25, 0.3) is 0 Å². The highest BCUT2D eigenvalue weighted by molar-refractivity contribution is 7.10. The van der Waals surface area contributed by atoms with Crippen molar-refractivity contribution in [2.24, 2.45) is 7.05 Å². The zero-order valence-corrected chi connectivity index (χ0v) is 13.9. The summed E-state index contributed by atoms with van der Waals surface area (Å²) >= 11 is 1.15. The lowest BCUT2D eigenvalue weighted by Crippen LogP contribution is -2.40. The summed E-state index contributed by atoms with van der Waals surface area (Å²) in [5.74, 6) is 0.452. The topological polar surface area (TPSA) is 86.8 Å². The highest BCUT2D eigenvalue weighted by atomic mass is 32.1. The van der Waals surface area contributed by atoms with Crippen molar-refractivity contribution >= 4 is 22.6 Å². The summed E-state index contributed by atoms with van der Waals surface area (Å²) in [4.78, 5) is 14.2. The first-order valence-electron chi connectivity index (χ1n) is 7.49. The largest absolute Gasteiger partial charge is 0.324 e. The number of likely N-dealkylation sites (tertiary alicyclic amines) is 1. The zero-order chi connectivity index (χ0) is 16.4. The maximum Gasteiger partial charge on any atom is 0.322 e. The van der Waals surface area contributed by atoms with Gasteiger partial charge in [0, 0.05) is 26.3 Å². The molecule has 2 aromatic heterocycles. The molecule has 1 fully saturated rings. The molecule has 1 saturated heterocycles. The summed E-state index contributed by atoms with van der Waals surface area (Å²) in [6.07, 6.45) is 5.79. The van der Waals surface area contributed by atoms with Crippen molar-refractivity contribution in [3.05, 3.63) is 29.2 Å². The van der Waals surface area contributed by atoms with E-state index < -0.39 is 0 Å². The van der Waals surface area contributed by atoms with Crippen molar-refractivity contribution in [2.45, 2.75) is 25.7 Å². The molecule has 0 unspecified atom stereocenters. The van der Waals surface area contributed by atoms with Crippen LogP contribution in [0.1, 0.15) is 35.6 Å². The van der Waals surface area contributed by atoms with Crippen LogP contribution in [0.25, 0.3) is 0 Å². The molecule has 0 aliphatic carbocycles. The zero-order valence-electron chi connectivity index (χ0n) is 13.1. The van der Waals surface area contributed by atoms with E-state index in [1.54, 1.807) is 11.8 Å². The van der Waals surface area contributed by atoms with Gasteiger partial charge >= 0.3 is 6.03 Å². The van der Waals surface area contributed by atoms with Crippen LogP contribution in [-0.2, 0) is 7.05 Å². The fraction of sp³-hybridized carbons (Fsp3) is 0.467. The Hall–Kier alpha value is -2.40. The van der Waals surface area contributed by atoms with E-state index in [9.17, 15) is 4.79 Å². The van der Waals surface area contributed by atoms with E-state index in [0.717, 1.165) is 24.4 Å². The van der Waals surface area contributed by atoms with E-state index >= 15 is 0 Å². The Kier molecular flexibility index (Phi) is 4.30.